The van der Waals surface area contributed by atoms with Crippen molar-refractivity contribution >= 4 is 20.9 Å². The molecule has 170 valence electrons. The molecule has 0 amide bonds. The minimum Gasteiger partial charge on any atom is -0.493 e. The van der Waals surface area contributed by atoms with Crippen LogP contribution < -0.4 is 4.74 Å². The Bertz CT molecular complexity index is 1000. The second kappa shape index (κ2) is 9.84. The lowest BCUT2D eigenvalue weighted by molar-refractivity contribution is 0.00433. The van der Waals surface area contributed by atoms with E-state index >= 15 is 0 Å². The quantitative estimate of drug-likeness (QED) is 0.555. The molecule has 31 heavy (non-hydrogen) atoms. The van der Waals surface area contributed by atoms with E-state index in [-0.39, 0.29) is 12.1 Å². The fraction of sp³-hybridized carbons (Fsp3) is 0.625. The summed E-state index contributed by atoms with van der Waals surface area (Å²) in [7, 11) is -3.03. The third kappa shape index (κ3) is 5.04. The van der Waals surface area contributed by atoms with Crippen molar-refractivity contribution in [3.05, 3.63) is 35.5 Å². The normalized spacial score (nSPS) is 23.9. The molecule has 0 spiro atoms. The van der Waals surface area contributed by atoms with E-state index in [1.807, 2.05) is 18.2 Å². The van der Waals surface area contributed by atoms with Gasteiger partial charge in [-0.3, -0.25) is 0 Å². The van der Waals surface area contributed by atoms with Gasteiger partial charge in [-0.25, -0.2) is 13.4 Å². The number of sulfonamides is 1. The maximum absolute atomic E-state index is 12.2. The summed E-state index contributed by atoms with van der Waals surface area (Å²) in [6.07, 6.45) is 6.57. The van der Waals surface area contributed by atoms with Crippen LogP contribution in [0.5, 0.6) is 5.75 Å². The van der Waals surface area contributed by atoms with Gasteiger partial charge in [-0.05, 0) is 57.6 Å². The molecule has 1 aliphatic carbocycles. The van der Waals surface area contributed by atoms with Crippen LogP contribution in [0.1, 0.15) is 63.1 Å². The van der Waals surface area contributed by atoms with Crippen molar-refractivity contribution in [3.8, 4) is 5.75 Å². The number of nitrogens with zero attached hydrogens (tertiary/aromatic N) is 2. The first-order valence-corrected chi connectivity index (χ1v) is 13.2. The molecule has 2 heterocycles. The molecule has 2 aromatic rings. The minimum absolute atomic E-state index is 0.145. The fourth-order valence-corrected chi connectivity index (χ4v) is 6.54. The molecule has 0 atom stereocenters. The van der Waals surface area contributed by atoms with Gasteiger partial charge in [0, 0.05) is 23.5 Å². The van der Waals surface area contributed by atoms with E-state index in [0.29, 0.717) is 25.5 Å². The topological polar surface area (TPSA) is 68.7 Å². The van der Waals surface area contributed by atoms with Crippen LogP contribution in [0.4, 0.5) is 0 Å². The first kappa shape index (κ1) is 22.5. The van der Waals surface area contributed by atoms with Crippen LogP contribution in [0, 0.1) is 6.92 Å². The first-order chi connectivity index (χ1) is 15.0. The van der Waals surface area contributed by atoms with E-state index < -0.39 is 10.0 Å². The summed E-state index contributed by atoms with van der Waals surface area (Å²) in [6, 6.07) is 8.25. The highest BCUT2D eigenvalue weighted by molar-refractivity contribution is 7.89. The van der Waals surface area contributed by atoms with Gasteiger partial charge >= 0.3 is 0 Å². The van der Waals surface area contributed by atoms with Gasteiger partial charge in [0.25, 0.3) is 0 Å². The molecular weight excluding hydrogens is 412 g/mol. The average Bonchev–Trinajstić information content (AvgIpc) is 3.13. The number of hydrogen-bond donors (Lipinski definition) is 0. The average molecular weight is 447 g/mol. The van der Waals surface area contributed by atoms with Crippen LogP contribution >= 0.6 is 0 Å². The number of ether oxygens (including phenoxy) is 2. The Morgan fingerprint density at radius 1 is 1.16 bits per heavy atom. The third-order valence-electron chi connectivity index (χ3n) is 6.57. The van der Waals surface area contributed by atoms with E-state index in [2.05, 4.69) is 19.9 Å². The van der Waals surface area contributed by atoms with Crippen LogP contribution in [0.2, 0.25) is 0 Å². The Labute approximate surface area is 186 Å². The molecule has 0 radical (unpaired) electrons. The highest BCUT2D eigenvalue weighted by Gasteiger charge is 2.36. The zero-order valence-electron chi connectivity index (χ0n) is 18.7. The molecule has 1 aromatic carbocycles. The van der Waals surface area contributed by atoms with Crippen molar-refractivity contribution in [2.45, 2.75) is 77.5 Å². The van der Waals surface area contributed by atoms with E-state index in [1.165, 1.54) is 0 Å². The summed E-state index contributed by atoms with van der Waals surface area (Å²) < 4.78 is 38.5. The lowest BCUT2D eigenvalue weighted by Crippen LogP contribution is -2.40. The van der Waals surface area contributed by atoms with Crippen molar-refractivity contribution in [3.63, 3.8) is 0 Å². The molecule has 0 N–H and O–H groups in total. The van der Waals surface area contributed by atoms with Crippen molar-refractivity contribution in [2.24, 2.45) is 0 Å². The van der Waals surface area contributed by atoms with Crippen molar-refractivity contribution in [2.75, 3.05) is 18.9 Å². The van der Waals surface area contributed by atoms with Crippen LogP contribution in [0.25, 0.3) is 10.9 Å². The zero-order valence-corrected chi connectivity index (χ0v) is 19.5. The van der Waals surface area contributed by atoms with Gasteiger partial charge in [-0.15, -0.1) is 0 Å². The largest absolute Gasteiger partial charge is 0.493 e. The Morgan fingerprint density at radius 2 is 1.94 bits per heavy atom. The number of benzene rings is 1. The number of hydrogen-bond acceptors (Lipinski definition) is 5. The van der Waals surface area contributed by atoms with Crippen LogP contribution in [-0.2, 0) is 21.4 Å². The van der Waals surface area contributed by atoms with Gasteiger partial charge < -0.3 is 9.47 Å². The number of para-hydroxylation sites is 1. The van der Waals surface area contributed by atoms with E-state index in [4.69, 9.17) is 14.5 Å². The predicted molar refractivity (Wildman–Crippen MR) is 123 cm³/mol. The molecule has 0 unspecified atom stereocenters. The number of aromatic nitrogens is 1. The molecule has 6 nitrogen and oxygen atoms in total. The molecule has 2 aliphatic rings. The highest BCUT2D eigenvalue weighted by atomic mass is 32.2. The molecule has 1 aliphatic heterocycles. The van der Waals surface area contributed by atoms with Crippen molar-refractivity contribution in [1.82, 2.24) is 9.29 Å². The second-order valence-electron chi connectivity index (χ2n) is 8.75. The van der Waals surface area contributed by atoms with Crippen molar-refractivity contribution < 1.29 is 17.9 Å². The highest BCUT2D eigenvalue weighted by Crippen LogP contribution is 2.33. The van der Waals surface area contributed by atoms with Gasteiger partial charge in [0.1, 0.15) is 5.75 Å². The predicted octanol–water partition coefficient (Wildman–Crippen LogP) is 4.59. The van der Waals surface area contributed by atoms with Crippen LogP contribution in [-0.4, -0.2) is 48.8 Å². The molecular formula is C24H34N2O4S. The molecule has 0 bridgehead atoms. The van der Waals surface area contributed by atoms with E-state index in [0.717, 1.165) is 72.9 Å². The number of unbranched alkanes of at least 4 members (excludes halogenated alkanes) is 1. The van der Waals surface area contributed by atoms with Gasteiger partial charge in [0.2, 0.25) is 10.0 Å². The Balaban J connectivity index is 1.41. The van der Waals surface area contributed by atoms with Crippen LogP contribution in [0.3, 0.4) is 0 Å². The Morgan fingerprint density at radius 3 is 2.65 bits per heavy atom. The first-order valence-electron chi connectivity index (χ1n) is 11.6. The summed E-state index contributed by atoms with van der Waals surface area (Å²) in [5.41, 5.74) is 2.90. The van der Waals surface area contributed by atoms with Gasteiger partial charge in [-0.1, -0.05) is 25.5 Å². The maximum atomic E-state index is 12.2. The lowest BCUT2D eigenvalue weighted by Gasteiger charge is -2.33. The zero-order chi connectivity index (χ0) is 21.8. The molecule has 1 saturated heterocycles. The summed E-state index contributed by atoms with van der Waals surface area (Å²) in [5, 5.41) is 1.05. The SMILES string of the molecule is CCCCOc1c(C)c(CO[C@H]2CC[C@H](N3CCCS3(=O)=O)CC2)nc2ccccc12. The molecule has 1 aromatic heterocycles. The standard InChI is InChI=1S/C24H34N2O4S/c1-3-4-15-29-24-18(2)23(25-22-9-6-5-8-21(22)24)17-30-20-12-10-19(11-13-20)26-14-7-16-31(26,27)28/h5-6,8-9,19-20H,3-4,7,10-17H2,1-2H3/t19-,20-. The summed E-state index contributed by atoms with van der Waals surface area (Å²) in [5.74, 6) is 1.22. The minimum atomic E-state index is -3.03. The Hall–Kier alpha value is -1.70. The smallest absolute Gasteiger partial charge is 0.214 e. The number of rotatable bonds is 8. The summed E-state index contributed by atoms with van der Waals surface area (Å²) in [6.45, 7) is 6.06. The molecule has 4 rings (SSSR count). The number of pyridine rings is 1. The molecule has 2 fully saturated rings. The fourth-order valence-electron chi connectivity index (χ4n) is 4.74. The maximum Gasteiger partial charge on any atom is 0.214 e. The van der Waals surface area contributed by atoms with E-state index in [9.17, 15) is 8.42 Å². The summed E-state index contributed by atoms with van der Waals surface area (Å²) in [4.78, 5) is 4.85. The van der Waals surface area contributed by atoms with Gasteiger partial charge in [0.15, 0.2) is 0 Å². The summed E-state index contributed by atoms with van der Waals surface area (Å²) >= 11 is 0. The molecule has 1 saturated carbocycles. The monoisotopic (exact) mass is 446 g/mol. The van der Waals surface area contributed by atoms with Crippen LogP contribution in [0.15, 0.2) is 24.3 Å². The third-order valence-corrected chi connectivity index (χ3v) is 8.57. The Kier molecular flexibility index (Phi) is 7.14. The lowest BCUT2D eigenvalue weighted by atomic mass is 9.93. The van der Waals surface area contributed by atoms with Crippen molar-refractivity contribution in [1.29, 1.82) is 0 Å². The van der Waals surface area contributed by atoms with Gasteiger partial charge in [0.05, 0.1) is 36.3 Å². The second-order valence-corrected chi connectivity index (χ2v) is 10.8. The number of fused-ring (bicyclic) bond motifs is 1. The van der Waals surface area contributed by atoms with Gasteiger partial charge in [-0.2, -0.15) is 4.31 Å². The molecule has 7 heteroatoms. The van der Waals surface area contributed by atoms with E-state index in [1.54, 1.807) is 4.31 Å².